The van der Waals surface area contributed by atoms with Crippen molar-refractivity contribution >= 4 is 27.6 Å². The number of ether oxygens (including phenoxy) is 1. The van der Waals surface area contributed by atoms with Crippen LogP contribution < -0.4 is 4.72 Å². The molecule has 0 unspecified atom stereocenters. The van der Waals surface area contributed by atoms with E-state index in [4.69, 9.17) is 11.6 Å². The number of pyridine rings is 1. The first-order chi connectivity index (χ1) is 7.95. The third kappa shape index (κ3) is 4.29. The topological polar surface area (TPSA) is 85.4 Å². The Balaban J connectivity index is 2.63. The van der Waals surface area contributed by atoms with E-state index in [2.05, 4.69) is 14.4 Å². The Morgan fingerprint density at radius 2 is 2.24 bits per heavy atom. The van der Waals surface area contributed by atoms with Crippen molar-refractivity contribution in [2.45, 2.75) is 11.3 Å². The van der Waals surface area contributed by atoms with E-state index in [0.717, 1.165) is 6.20 Å². The molecule has 0 aliphatic rings. The van der Waals surface area contributed by atoms with Gasteiger partial charge in [-0.15, -0.1) is 0 Å². The zero-order valence-electron chi connectivity index (χ0n) is 9.01. The van der Waals surface area contributed by atoms with Gasteiger partial charge in [0, 0.05) is 12.7 Å². The summed E-state index contributed by atoms with van der Waals surface area (Å²) >= 11 is 5.54. The van der Waals surface area contributed by atoms with Crippen molar-refractivity contribution in [3.63, 3.8) is 0 Å². The molecule has 0 spiro atoms. The van der Waals surface area contributed by atoms with Crippen LogP contribution in [-0.4, -0.2) is 33.0 Å². The number of hydrogen-bond donors (Lipinski definition) is 1. The van der Waals surface area contributed by atoms with Crippen molar-refractivity contribution < 1.29 is 17.9 Å². The zero-order chi connectivity index (χ0) is 12.9. The van der Waals surface area contributed by atoms with Crippen LogP contribution in [0.25, 0.3) is 0 Å². The maximum atomic E-state index is 11.7. The standard InChI is InChI=1S/C9H11ClN2O4S/c1-16-9(13)4-5-12-17(14,15)7-2-3-8(10)11-6-7/h2-3,6,12H,4-5H2,1H3. The summed E-state index contributed by atoms with van der Waals surface area (Å²) in [6, 6.07) is 2.70. The largest absolute Gasteiger partial charge is 0.469 e. The van der Waals surface area contributed by atoms with E-state index in [9.17, 15) is 13.2 Å². The molecule has 0 saturated carbocycles. The normalized spacial score (nSPS) is 11.2. The highest BCUT2D eigenvalue weighted by Crippen LogP contribution is 2.10. The van der Waals surface area contributed by atoms with Gasteiger partial charge in [-0.2, -0.15) is 0 Å². The van der Waals surface area contributed by atoms with Crippen molar-refractivity contribution in [1.29, 1.82) is 0 Å². The molecule has 0 aliphatic heterocycles. The summed E-state index contributed by atoms with van der Waals surface area (Å²) in [7, 11) is -2.42. The summed E-state index contributed by atoms with van der Waals surface area (Å²) in [4.78, 5) is 14.4. The number of carbonyl (C=O) groups excluding carboxylic acids is 1. The van der Waals surface area contributed by atoms with Crippen LogP contribution in [0.15, 0.2) is 23.2 Å². The molecule has 0 radical (unpaired) electrons. The van der Waals surface area contributed by atoms with Crippen molar-refractivity contribution in [2.24, 2.45) is 0 Å². The van der Waals surface area contributed by atoms with Crippen molar-refractivity contribution in [3.8, 4) is 0 Å². The number of aromatic nitrogens is 1. The quantitative estimate of drug-likeness (QED) is 0.629. The molecule has 8 heteroatoms. The van der Waals surface area contributed by atoms with Gasteiger partial charge >= 0.3 is 5.97 Å². The fourth-order valence-electron chi connectivity index (χ4n) is 0.994. The lowest BCUT2D eigenvalue weighted by atomic mass is 10.4. The van der Waals surface area contributed by atoms with Gasteiger partial charge in [0.1, 0.15) is 10.0 Å². The molecule has 0 aliphatic carbocycles. The molecule has 1 aromatic heterocycles. The highest BCUT2D eigenvalue weighted by Gasteiger charge is 2.14. The minimum Gasteiger partial charge on any atom is -0.469 e. The molecule has 0 bridgehead atoms. The van der Waals surface area contributed by atoms with Gasteiger partial charge in [0.15, 0.2) is 0 Å². The molecular weight excluding hydrogens is 268 g/mol. The molecule has 0 saturated heterocycles. The number of nitrogens with zero attached hydrogens (tertiary/aromatic N) is 1. The van der Waals surface area contributed by atoms with Gasteiger partial charge in [0.05, 0.1) is 13.5 Å². The summed E-state index contributed by atoms with van der Waals surface area (Å²) in [6.45, 7) is -0.0301. The van der Waals surface area contributed by atoms with Crippen LogP contribution in [0.3, 0.4) is 0 Å². The van der Waals surface area contributed by atoms with Gasteiger partial charge in [-0.05, 0) is 12.1 Å². The highest BCUT2D eigenvalue weighted by atomic mass is 35.5. The minimum absolute atomic E-state index is 0.00762. The van der Waals surface area contributed by atoms with Gasteiger partial charge in [0.25, 0.3) is 0 Å². The first-order valence-electron chi connectivity index (χ1n) is 4.64. The van der Waals surface area contributed by atoms with Crippen LogP contribution in [-0.2, 0) is 19.6 Å². The lowest BCUT2D eigenvalue weighted by Crippen LogP contribution is -2.26. The number of methoxy groups -OCH3 is 1. The Bertz CT molecular complexity index is 486. The monoisotopic (exact) mass is 278 g/mol. The van der Waals surface area contributed by atoms with E-state index >= 15 is 0 Å². The second-order valence-corrected chi connectivity index (χ2v) is 5.19. The number of carbonyl (C=O) groups is 1. The van der Waals surface area contributed by atoms with Crippen LogP contribution in [0.5, 0.6) is 0 Å². The van der Waals surface area contributed by atoms with Gasteiger partial charge in [0.2, 0.25) is 10.0 Å². The van der Waals surface area contributed by atoms with Crippen molar-refractivity contribution in [3.05, 3.63) is 23.5 Å². The first kappa shape index (κ1) is 13.9. The predicted molar refractivity (Wildman–Crippen MR) is 61.1 cm³/mol. The lowest BCUT2D eigenvalue weighted by Gasteiger charge is -2.05. The van der Waals surface area contributed by atoms with Gasteiger partial charge in [-0.3, -0.25) is 4.79 Å². The molecule has 1 heterocycles. The van der Waals surface area contributed by atoms with Crippen molar-refractivity contribution in [2.75, 3.05) is 13.7 Å². The molecule has 1 aromatic rings. The molecule has 1 rings (SSSR count). The molecule has 1 N–H and O–H groups in total. The van der Waals surface area contributed by atoms with Gasteiger partial charge in [-0.25, -0.2) is 18.1 Å². The second-order valence-electron chi connectivity index (χ2n) is 3.04. The van der Waals surface area contributed by atoms with Crippen LogP contribution >= 0.6 is 11.6 Å². The molecule has 17 heavy (non-hydrogen) atoms. The van der Waals surface area contributed by atoms with Crippen LogP contribution in [0.1, 0.15) is 6.42 Å². The average molecular weight is 279 g/mol. The fraction of sp³-hybridized carbons (Fsp3) is 0.333. The molecule has 0 aromatic carbocycles. The second kappa shape index (κ2) is 5.95. The highest BCUT2D eigenvalue weighted by molar-refractivity contribution is 7.89. The first-order valence-corrected chi connectivity index (χ1v) is 6.50. The van der Waals surface area contributed by atoms with Crippen LogP contribution in [0.2, 0.25) is 5.15 Å². The molecular formula is C9H11ClN2O4S. The predicted octanol–water partition coefficient (Wildman–Crippen LogP) is 0.576. The Morgan fingerprint density at radius 3 is 2.76 bits per heavy atom. The molecule has 6 nitrogen and oxygen atoms in total. The molecule has 94 valence electrons. The molecule has 0 atom stereocenters. The third-order valence-corrected chi connectivity index (χ3v) is 3.53. The summed E-state index contributed by atoms with van der Waals surface area (Å²) in [5.74, 6) is -0.484. The Labute approximate surface area is 104 Å². The fourth-order valence-corrected chi connectivity index (χ4v) is 2.08. The molecule has 0 amide bonds. The smallest absolute Gasteiger partial charge is 0.306 e. The number of halogens is 1. The van der Waals surface area contributed by atoms with Crippen LogP contribution in [0.4, 0.5) is 0 Å². The third-order valence-electron chi connectivity index (χ3n) is 1.86. The summed E-state index contributed by atoms with van der Waals surface area (Å²) in [5.41, 5.74) is 0. The van der Waals surface area contributed by atoms with E-state index in [1.165, 1.54) is 19.2 Å². The lowest BCUT2D eigenvalue weighted by molar-refractivity contribution is -0.140. The number of rotatable bonds is 5. The van der Waals surface area contributed by atoms with E-state index < -0.39 is 16.0 Å². The Kier molecular flexibility index (Phi) is 4.86. The van der Waals surface area contributed by atoms with E-state index in [-0.39, 0.29) is 23.0 Å². The molecule has 0 fully saturated rings. The maximum Gasteiger partial charge on any atom is 0.306 e. The van der Waals surface area contributed by atoms with Crippen molar-refractivity contribution in [1.82, 2.24) is 9.71 Å². The van der Waals surface area contributed by atoms with E-state index in [1.54, 1.807) is 0 Å². The van der Waals surface area contributed by atoms with Crippen LogP contribution in [0, 0.1) is 0 Å². The number of hydrogen-bond acceptors (Lipinski definition) is 5. The summed E-state index contributed by atoms with van der Waals surface area (Å²) in [5, 5.41) is 0.207. The number of sulfonamides is 1. The van der Waals surface area contributed by atoms with E-state index in [0.29, 0.717) is 0 Å². The zero-order valence-corrected chi connectivity index (χ0v) is 10.6. The maximum absolute atomic E-state index is 11.7. The van der Waals surface area contributed by atoms with E-state index in [1.807, 2.05) is 0 Å². The minimum atomic E-state index is -3.66. The summed E-state index contributed by atoms with van der Waals surface area (Å²) < 4.78 is 30.0. The summed E-state index contributed by atoms with van der Waals surface area (Å²) in [6.07, 6.45) is 1.11. The SMILES string of the molecule is COC(=O)CCNS(=O)(=O)c1ccc(Cl)nc1. The number of esters is 1. The Hall–Kier alpha value is -1.18. The van der Waals surface area contributed by atoms with Gasteiger partial charge in [-0.1, -0.05) is 11.6 Å². The Morgan fingerprint density at radius 1 is 1.53 bits per heavy atom. The average Bonchev–Trinajstić information content (AvgIpc) is 2.29. The van der Waals surface area contributed by atoms with Gasteiger partial charge < -0.3 is 4.74 Å². The number of nitrogens with one attached hydrogen (secondary N) is 1.